The second kappa shape index (κ2) is 15.3. The first-order valence-electron chi connectivity index (χ1n) is 13.2. The lowest BCUT2D eigenvalue weighted by Crippen LogP contribution is -2.21. The molecule has 0 aliphatic rings. The predicted molar refractivity (Wildman–Crippen MR) is 147 cm³/mol. The maximum absolute atomic E-state index is 13.3. The molecule has 5 heteroatoms. The zero-order chi connectivity index (χ0) is 25.6. The van der Waals surface area contributed by atoms with Crippen LogP contribution in [0.1, 0.15) is 86.0 Å². The maximum atomic E-state index is 13.3. The van der Waals surface area contributed by atoms with Gasteiger partial charge in [-0.25, -0.2) is 0 Å². The molecule has 0 aliphatic heterocycles. The maximum Gasteiger partial charge on any atom is 0.297 e. The Morgan fingerprint density at radius 1 is 0.886 bits per heavy atom. The fourth-order valence-corrected chi connectivity index (χ4v) is 3.82. The van der Waals surface area contributed by atoms with E-state index in [1.54, 1.807) is 11.6 Å². The van der Waals surface area contributed by atoms with Gasteiger partial charge in [-0.15, -0.1) is 0 Å². The molecule has 0 fully saturated rings. The highest BCUT2D eigenvalue weighted by Crippen LogP contribution is 2.34. The van der Waals surface area contributed by atoms with E-state index in [1.807, 2.05) is 18.2 Å². The van der Waals surface area contributed by atoms with Crippen molar-refractivity contribution in [1.29, 1.82) is 0 Å². The average Bonchev–Trinajstić information content (AvgIpc) is 2.83. The third-order valence-corrected chi connectivity index (χ3v) is 6.04. The zero-order valence-corrected chi connectivity index (χ0v) is 22.7. The van der Waals surface area contributed by atoms with Gasteiger partial charge in [0.25, 0.3) is 5.56 Å². The fourth-order valence-electron chi connectivity index (χ4n) is 3.82. The van der Waals surface area contributed by atoms with Gasteiger partial charge in [0.15, 0.2) is 5.75 Å². The van der Waals surface area contributed by atoms with Crippen LogP contribution in [0.2, 0.25) is 0 Å². The highest BCUT2D eigenvalue weighted by atomic mass is 16.5. The van der Waals surface area contributed by atoms with Gasteiger partial charge in [0.1, 0.15) is 12.4 Å². The number of hydrogen-bond donors (Lipinski definition) is 0. The Hall–Kier alpha value is -2.69. The first-order chi connectivity index (χ1) is 16.9. The van der Waals surface area contributed by atoms with Gasteiger partial charge in [0.05, 0.1) is 18.7 Å². The Labute approximate surface area is 211 Å². The number of hydrogen-bond acceptors (Lipinski definition) is 4. The molecule has 0 saturated heterocycles. The molecule has 2 aromatic rings. The number of aromatic nitrogens is 1. The van der Waals surface area contributed by atoms with Crippen molar-refractivity contribution < 1.29 is 14.2 Å². The van der Waals surface area contributed by atoms with Crippen LogP contribution in [-0.2, 0) is 7.05 Å². The van der Waals surface area contributed by atoms with Crippen LogP contribution in [-0.4, -0.2) is 24.4 Å². The third kappa shape index (κ3) is 9.12. The van der Waals surface area contributed by atoms with Crippen LogP contribution >= 0.6 is 0 Å². The molecule has 35 heavy (non-hydrogen) atoms. The molecule has 0 spiro atoms. The molecular weight excluding hydrogens is 438 g/mol. The SMILES string of the molecule is CCCCCCOc1c(OC/C=C(\C)CCC=C(C)C)c2ccc(OCCCC)cc2n(C)c1=O. The summed E-state index contributed by atoms with van der Waals surface area (Å²) in [6.45, 7) is 12.2. The minimum absolute atomic E-state index is 0.182. The predicted octanol–water partition coefficient (Wildman–Crippen LogP) is 7.75. The van der Waals surface area contributed by atoms with Crippen LogP contribution in [0.15, 0.2) is 46.3 Å². The molecule has 0 atom stereocenters. The molecule has 0 radical (unpaired) electrons. The quantitative estimate of drug-likeness (QED) is 0.181. The van der Waals surface area contributed by atoms with Crippen LogP contribution in [0.5, 0.6) is 17.2 Å². The highest BCUT2D eigenvalue weighted by molar-refractivity contribution is 5.89. The summed E-state index contributed by atoms with van der Waals surface area (Å²) in [5.74, 6) is 1.58. The van der Waals surface area contributed by atoms with Crippen LogP contribution in [0.4, 0.5) is 0 Å². The Kier molecular flexibility index (Phi) is 12.5. The highest BCUT2D eigenvalue weighted by Gasteiger charge is 2.19. The molecule has 5 nitrogen and oxygen atoms in total. The summed E-state index contributed by atoms with van der Waals surface area (Å²) in [4.78, 5) is 13.3. The zero-order valence-electron chi connectivity index (χ0n) is 22.7. The molecular formula is C30H45NO4. The van der Waals surface area contributed by atoms with Gasteiger partial charge in [-0.1, -0.05) is 56.8 Å². The van der Waals surface area contributed by atoms with Crippen LogP contribution in [0.3, 0.4) is 0 Å². The Bertz CT molecular complexity index is 1040. The number of nitrogens with zero attached hydrogens (tertiary/aromatic N) is 1. The summed E-state index contributed by atoms with van der Waals surface area (Å²) in [7, 11) is 1.78. The van der Waals surface area contributed by atoms with E-state index < -0.39 is 0 Å². The lowest BCUT2D eigenvalue weighted by atomic mass is 10.1. The summed E-state index contributed by atoms with van der Waals surface area (Å²) in [5, 5.41) is 0.856. The average molecular weight is 484 g/mol. The first-order valence-corrected chi connectivity index (χ1v) is 13.2. The fraction of sp³-hybridized carbons (Fsp3) is 0.567. The van der Waals surface area contributed by atoms with E-state index in [4.69, 9.17) is 14.2 Å². The second-order valence-corrected chi connectivity index (χ2v) is 9.49. The summed E-state index contributed by atoms with van der Waals surface area (Å²) in [6, 6.07) is 5.84. The Morgan fingerprint density at radius 3 is 2.34 bits per heavy atom. The normalized spacial score (nSPS) is 11.5. The second-order valence-electron chi connectivity index (χ2n) is 9.49. The van der Waals surface area contributed by atoms with Crippen molar-refractivity contribution in [3.05, 3.63) is 51.9 Å². The molecule has 0 aliphatic carbocycles. The molecule has 1 aromatic carbocycles. The molecule has 194 valence electrons. The molecule has 1 heterocycles. The van der Waals surface area contributed by atoms with Crippen molar-refractivity contribution >= 4 is 10.9 Å². The van der Waals surface area contributed by atoms with Crippen molar-refractivity contribution in [3.63, 3.8) is 0 Å². The minimum Gasteiger partial charge on any atom is -0.494 e. The van der Waals surface area contributed by atoms with E-state index in [-0.39, 0.29) is 5.56 Å². The van der Waals surface area contributed by atoms with Gasteiger partial charge in [0, 0.05) is 18.5 Å². The van der Waals surface area contributed by atoms with Gasteiger partial charge >= 0.3 is 0 Å². The number of fused-ring (bicyclic) bond motifs is 1. The summed E-state index contributed by atoms with van der Waals surface area (Å²) in [5.41, 5.74) is 3.20. The molecule has 0 unspecified atom stereocenters. The van der Waals surface area contributed by atoms with E-state index >= 15 is 0 Å². The number of benzene rings is 1. The van der Waals surface area contributed by atoms with Gasteiger partial charge in [-0.3, -0.25) is 4.79 Å². The van der Waals surface area contributed by atoms with E-state index in [0.717, 1.165) is 61.6 Å². The summed E-state index contributed by atoms with van der Waals surface area (Å²) in [6.07, 6.45) is 12.8. The number of unbranched alkanes of at least 4 members (excludes halogenated alkanes) is 4. The Morgan fingerprint density at radius 2 is 1.63 bits per heavy atom. The third-order valence-electron chi connectivity index (χ3n) is 6.04. The number of pyridine rings is 1. The molecule has 1 aromatic heterocycles. The van der Waals surface area contributed by atoms with Crippen LogP contribution in [0.25, 0.3) is 10.9 Å². The van der Waals surface area contributed by atoms with Gasteiger partial charge in [-0.2, -0.15) is 0 Å². The van der Waals surface area contributed by atoms with E-state index in [9.17, 15) is 4.79 Å². The van der Waals surface area contributed by atoms with Crippen molar-refractivity contribution in [2.24, 2.45) is 7.05 Å². The van der Waals surface area contributed by atoms with Gasteiger partial charge < -0.3 is 18.8 Å². The summed E-state index contributed by atoms with van der Waals surface area (Å²) < 4.78 is 19.8. The van der Waals surface area contributed by atoms with Crippen molar-refractivity contribution in [3.8, 4) is 17.2 Å². The molecule has 0 saturated carbocycles. The van der Waals surface area contributed by atoms with Crippen LogP contribution in [0, 0.1) is 0 Å². The number of rotatable bonds is 16. The van der Waals surface area contributed by atoms with Crippen molar-refractivity contribution in [1.82, 2.24) is 4.57 Å². The lowest BCUT2D eigenvalue weighted by molar-refractivity contribution is 0.273. The van der Waals surface area contributed by atoms with E-state index in [1.165, 1.54) is 17.6 Å². The summed E-state index contributed by atoms with van der Waals surface area (Å²) >= 11 is 0. The van der Waals surface area contributed by atoms with E-state index in [0.29, 0.717) is 31.3 Å². The lowest BCUT2D eigenvalue weighted by Gasteiger charge is -2.17. The largest absolute Gasteiger partial charge is 0.494 e. The number of allylic oxidation sites excluding steroid dienone is 3. The van der Waals surface area contributed by atoms with Crippen molar-refractivity contribution in [2.45, 2.75) is 86.0 Å². The number of aryl methyl sites for hydroxylation is 1. The minimum atomic E-state index is -0.182. The molecule has 0 N–H and O–H groups in total. The molecule has 0 bridgehead atoms. The Balaban J connectivity index is 2.33. The number of ether oxygens (including phenoxy) is 3. The topological polar surface area (TPSA) is 49.7 Å². The smallest absolute Gasteiger partial charge is 0.297 e. The monoisotopic (exact) mass is 483 g/mol. The van der Waals surface area contributed by atoms with Crippen LogP contribution < -0.4 is 19.8 Å². The molecule has 0 amide bonds. The van der Waals surface area contributed by atoms with Gasteiger partial charge in [0.2, 0.25) is 5.75 Å². The standard InChI is InChI=1S/C30H45NO4/c1-7-9-11-12-20-34-29-28(35-21-18-24(5)15-13-14-23(3)4)26-17-16-25(33-19-10-8-2)22-27(26)31(6)30(29)32/h14,16-18,22H,7-13,15,19-21H2,1-6H3/b24-18+. The first kappa shape index (κ1) is 28.5. The van der Waals surface area contributed by atoms with E-state index in [2.05, 4.69) is 46.8 Å². The van der Waals surface area contributed by atoms with Crippen molar-refractivity contribution in [2.75, 3.05) is 19.8 Å². The van der Waals surface area contributed by atoms with Gasteiger partial charge in [-0.05, 0) is 64.7 Å². The molecule has 2 rings (SSSR count).